The number of rotatable bonds is 6. The van der Waals surface area contributed by atoms with E-state index in [0.717, 1.165) is 37.2 Å². The molecule has 2 aromatic rings. The predicted molar refractivity (Wildman–Crippen MR) is 104 cm³/mol. The smallest absolute Gasteiger partial charge is 0.252 e. The van der Waals surface area contributed by atoms with E-state index in [1.807, 2.05) is 31.2 Å². The van der Waals surface area contributed by atoms with Gasteiger partial charge < -0.3 is 15.0 Å². The van der Waals surface area contributed by atoms with Crippen LogP contribution in [0.25, 0.3) is 0 Å². The third kappa shape index (κ3) is 5.09. The van der Waals surface area contributed by atoms with Gasteiger partial charge >= 0.3 is 0 Å². The number of hydrogen-bond acceptors (Lipinski definition) is 5. The highest BCUT2D eigenvalue weighted by Crippen LogP contribution is 2.19. The van der Waals surface area contributed by atoms with Crippen molar-refractivity contribution < 1.29 is 9.53 Å². The molecule has 0 atom stereocenters. The Morgan fingerprint density at radius 2 is 2.07 bits per heavy atom. The number of H-pyrrole nitrogens is 1. The molecule has 1 aliphatic rings. The number of hydrogen-bond donors (Lipinski definition) is 2. The van der Waals surface area contributed by atoms with E-state index in [4.69, 9.17) is 4.74 Å². The first-order valence-electron chi connectivity index (χ1n) is 9.29. The Bertz CT molecular complexity index is 841. The molecule has 1 amide bonds. The van der Waals surface area contributed by atoms with Crippen molar-refractivity contribution in [2.45, 2.75) is 38.6 Å². The molecule has 0 spiro atoms. The van der Waals surface area contributed by atoms with Gasteiger partial charge in [-0.25, -0.2) is 4.98 Å². The number of carbonyl (C=O) groups is 1. The number of benzene rings is 1. The molecular weight excluding hydrogens is 344 g/mol. The summed E-state index contributed by atoms with van der Waals surface area (Å²) in [7, 11) is 1.64. The maximum absolute atomic E-state index is 12.3. The van der Waals surface area contributed by atoms with Crippen LogP contribution in [0.2, 0.25) is 0 Å². The molecule has 0 unspecified atom stereocenters. The normalized spacial score (nSPS) is 14.8. The first-order valence-corrected chi connectivity index (χ1v) is 9.29. The summed E-state index contributed by atoms with van der Waals surface area (Å²) >= 11 is 0. The third-order valence-corrected chi connectivity index (χ3v) is 4.83. The fraction of sp³-hybridized carbons (Fsp3) is 0.450. The quantitative estimate of drug-likeness (QED) is 0.810. The number of nitrogens with zero attached hydrogens (tertiary/aromatic N) is 2. The van der Waals surface area contributed by atoms with Gasteiger partial charge in [-0.05, 0) is 37.8 Å². The second-order valence-corrected chi connectivity index (χ2v) is 6.85. The number of aromatic nitrogens is 2. The van der Waals surface area contributed by atoms with Gasteiger partial charge in [0.2, 0.25) is 11.9 Å². The Labute approximate surface area is 158 Å². The minimum Gasteiger partial charge on any atom is -0.496 e. The number of nitrogens with one attached hydrogen (secondary N) is 2. The number of piperidine rings is 1. The van der Waals surface area contributed by atoms with Crippen LogP contribution in [0.4, 0.5) is 5.95 Å². The SMILES string of the molecule is COc1ccccc1CCC(=O)NC1CCN(c2nc(C)cc(=O)[nH]2)CC1. The molecule has 0 aliphatic carbocycles. The average molecular weight is 370 g/mol. The van der Waals surface area contributed by atoms with Crippen LogP contribution in [-0.2, 0) is 11.2 Å². The van der Waals surface area contributed by atoms with Gasteiger partial charge in [-0.3, -0.25) is 14.6 Å². The van der Waals surface area contributed by atoms with E-state index in [-0.39, 0.29) is 17.5 Å². The highest BCUT2D eigenvalue weighted by atomic mass is 16.5. The maximum Gasteiger partial charge on any atom is 0.252 e. The molecule has 7 heteroatoms. The summed E-state index contributed by atoms with van der Waals surface area (Å²) in [6.07, 6.45) is 2.76. The summed E-state index contributed by atoms with van der Waals surface area (Å²) in [5, 5.41) is 3.12. The first-order chi connectivity index (χ1) is 13.0. The van der Waals surface area contributed by atoms with Crippen molar-refractivity contribution >= 4 is 11.9 Å². The molecule has 3 rings (SSSR count). The van der Waals surface area contributed by atoms with E-state index in [2.05, 4.69) is 20.2 Å². The van der Waals surface area contributed by atoms with Crippen molar-refractivity contribution in [3.8, 4) is 5.75 Å². The first kappa shape index (κ1) is 18.9. The molecule has 0 radical (unpaired) electrons. The molecule has 1 saturated heterocycles. The van der Waals surface area contributed by atoms with E-state index in [1.54, 1.807) is 7.11 Å². The number of methoxy groups -OCH3 is 1. The van der Waals surface area contributed by atoms with Crippen molar-refractivity contribution in [2.75, 3.05) is 25.1 Å². The minimum atomic E-state index is -0.135. The van der Waals surface area contributed by atoms with Gasteiger partial charge in [0.15, 0.2) is 0 Å². The Balaban J connectivity index is 1.47. The van der Waals surface area contributed by atoms with Crippen LogP contribution in [0.5, 0.6) is 5.75 Å². The standard InChI is InChI=1S/C20H26N4O3/c1-14-13-19(26)23-20(21-14)24-11-9-16(10-12-24)22-18(25)8-7-15-5-3-4-6-17(15)27-2/h3-6,13,16H,7-12H2,1-2H3,(H,22,25)(H,21,23,26). The van der Waals surface area contributed by atoms with Crippen molar-refractivity contribution in [3.63, 3.8) is 0 Å². The lowest BCUT2D eigenvalue weighted by atomic mass is 10.0. The molecule has 1 aliphatic heterocycles. The molecule has 0 bridgehead atoms. The largest absolute Gasteiger partial charge is 0.496 e. The Morgan fingerprint density at radius 1 is 1.33 bits per heavy atom. The summed E-state index contributed by atoms with van der Waals surface area (Å²) in [6.45, 7) is 3.32. The Kier molecular flexibility index (Phi) is 6.11. The average Bonchev–Trinajstić information content (AvgIpc) is 2.66. The molecule has 0 saturated carbocycles. The van der Waals surface area contributed by atoms with Gasteiger partial charge in [-0.1, -0.05) is 18.2 Å². The van der Waals surface area contributed by atoms with Crippen LogP contribution >= 0.6 is 0 Å². The Hall–Kier alpha value is -2.83. The van der Waals surface area contributed by atoms with Crippen LogP contribution < -0.4 is 20.5 Å². The van der Waals surface area contributed by atoms with E-state index in [1.165, 1.54) is 6.07 Å². The van der Waals surface area contributed by atoms with Crippen LogP contribution in [0, 0.1) is 6.92 Å². The van der Waals surface area contributed by atoms with Gasteiger partial charge in [0.05, 0.1) is 7.11 Å². The van der Waals surface area contributed by atoms with E-state index >= 15 is 0 Å². The lowest BCUT2D eigenvalue weighted by Gasteiger charge is -2.32. The van der Waals surface area contributed by atoms with Crippen molar-refractivity contribution in [3.05, 3.63) is 51.9 Å². The van der Waals surface area contributed by atoms with Crippen LogP contribution in [-0.4, -0.2) is 42.1 Å². The fourth-order valence-electron chi connectivity index (χ4n) is 3.41. The van der Waals surface area contributed by atoms with Gasteiger partial charge in [-0.2, -0.15) is 0 Å². The van der Waals surface area contributed by atoms with E-state index < -0.39 is 0 Å². The zero-order valence-electron chi connectivity index (χ0n) is 15.8. The summed E-state index contributed by atoms with van der Waals surface area (Å²) in [5.41, 5.74) is 1.62. The van der Waals surface area contributed by atoms with Crippen molar-refractivity contribution in [1.29, 1.82) is 0 Å². The molecule has 2 N–H and O–H groups in total. The second kappa shape index (κ2) is 8.70. The summed E-state index contributed by atoms with van der Waals surface area (Å²) in [5.74, 6) is 1.49. The second-order valence-electron chi connectivity index (χ2n) is 6.85. The van der Waals surface area contributed by atoms with Gasteiger partial charge in [-0.15, -0.1) is 0 Å². The summed E-state index contributed by atoms with van der Waals surface area (Å²) < 4.78 is 5.33. The van der Waals surface area contributed by atoms with Gasteiger partial charge in [0, 0.05) is 37.3 Å². The van der Waals surface area contributed by atoms with Gasteiger partial charge in [0.1, 0.15) is 5.75 Å². The number of aryl methyl sites for hydroxylation is 2. The summed E-state index contributed by atoms with van der Waals surface area (Å²) in [4.78, 5) is 33.1. The fourth-order valence-corrected chi connectivity index (χ4v) is 3.41. The maximum atomic E-state index is 12.3. The van der Waals surface area contributed by atoms with E-state index in [0.29, 0.717) is 24.5 Å². The lowest BCUT2D eigenvalue weighted by molar-refractivity contribution is -0.121. The van der Waals surface area contributed by atoms with E-state index in [9.17, 15) is 9.59 Å². The van der Waals surface area contributed by atoms with Crippen LogP contribution in [0.3, 0.4) is 0 Å². The number of para-hydroxylation sites is 1. The van der Waals surface area contributed by atoms with Crippen molar-refractivity contribution in [2.24, 2.45) is 0 Å². The highest BCUT2D eigenvalue weighted by Gasteiger charge is 2.22. The molecule has 1 aromatic carbocycles. The molecule has 2 heterocycles. The lowest BCUT2D eigenvalue weighted by Crippen LogP contribution is -2.45. The number of amides is 1. The number of aromatic amines is 1. The van der Waals surface area contributed by atoms with Gasteiger partial charge in [0.25, 0.3) is 5.56 Å². The molecular formula is C20H26N4O3. The number of carbonyl (C=O) groups excluding carboxylic acids is 1. The molecule has 1 fully saturated rings. The minimum absolute atomic E-state index is 0.0569. The monoisotopic (exact) mass is 370 g/mol. The van der Waals surface area contributed by atoms with Crippen LogP contribution in [0.15, 0.2) is 35.1 Å². The third-order valence-electron chi connectivity index (χ3n) is 4.83. The molecule has 144 valence electrons. The van der Waals surface area contributed by atoms with Crippen LogP contribution in [0.1, 0.15) is 30.5 Å². The van der Waals surface area contributed by atoms with Crippen molar-refractivity contribution in [1.82, 2.24) is 15.3 Å². The summed E-state index contributed by atoms with van der Waals surface area (Å²) in [6, 6.07) is 9.41. The zero-order chi connectivity index (χ0) is 19.2. The highest BCUT2D eigenvalue weighted by molar-refractivity contribution is 5.76. The molecule has 7 nitrogen and oxygen atoms in total. The molecule has 1 aromatic heterocycles. The topological polar surface area (TPSA) is 87.3 Å². The number of anilines is 1. The molecule has 27 heavy (non-hydrogen) atoms. The zero-order valence-corrected chi connectivity index (χ0v) is 15.8. The Morgan fingerprint density at radius 3 is 2.78 bits per heavy atom. The number of ether oxygens (including phenoxy) is 1. The predicted octanol–water partition coefficient (Wildman–Crippen LogP) is 1.80.